The topological polar surface area (TPSA) is 46.6 Å². The highest BCUT2D eigenvalue weighted by atomic mass is 127. The van der Waals surface area contributed by atoms with Gasteiger partial charge in [-0.2, -0.15) is 0 Å². The van der Waals surface area contributed by atoms with Crippen molar-refractivity contribution in [1.82, 2.24) is 4.90 Å². The Balaban J connectivity index is 1.91. The van der Waals surface area contributed by atoms with Crippen LogP contribution in [0.2, 0.25) is 5.02 Å². The number of carbonyl (C=O) groups excluding carboxylic acids is 2. The highest BCUT2D eigenvalue weighted by molar-refractivity contribution is 14.1. The van der Waals surface area contributed by atoms with E-state index in [1.807, 2.05) is 12.1 Å². The Morgan fingerprint density at radius 3 is 2.67 bits per heavy atom. The zero-order valence-electron chi connectivity index (χ0n) is 13.8. The Labute approximate surface area is 191 Å². The van der Waals surface area contributed by atoms with E-state index in [-0.39, 0.29) is 11.6 Å². The molecule has 0 N–H and O–H groups in total. The van der Waals surface area contributed by atoms with E-state index < -0.39 is 17.0 Å². The van der Waals surface area contributed by atoms with Gasteiger partial charge >= 0.3 is 0 Å². The maximum atomic E-state index is 13.2. The van der Waals surface area contributed by atoms with E-state index in [2.05, 4.69) is 45.2 Å². The molecule has 2 amide bonds. The van der Waals surface area contributed by atoms with E-state index in [0.717, 1.165) is 35.4 Å². The minimum atomic E-state index is -0.474. The van der Waals surface area contributed by atoms with Crippen molar-refractivity contribution in [3.8, 4) is 5.75 Å². The number of hydrogen-bond acceptors (Lipinski definition) is 4. The SMILES string of the molecule is COc1c(I)cc(I)cc1/C=C1/SC(=O)N(Cc2ccc(F)cc2Cl)C1=O. The molecule has 0 spiro atoms. The number of amides is 2. The van der Waals surface area contributed by atoms with Gasteiger partial charge in [0, 0.05) is 14.2 Å². The molecule has 4 nitrogen and oxygen atoms in total. The molecule has 3 rings (SSSR count). The molecular weight excluding hydrogens is 619 g/mol. The molecule has 0 unspecified atom stereocenters. The zero-order valence-corrected chi connectivity index (χ0v) is 19.7. The Morgan fingerprint density at radius 2 is 2.00 bits per heavy atom. The van der Waals surface area contributed by atoms with Gasteiger partial charge in [0.25, 0.3) is 11.1 Å². The van der Waals surface area contributed by atoms with Gasteiger partial charge in [0.2, 0.25) is 0 Å². The summed E-state index contributed by atoms with van der Waals surface area (Å²) >= 11 is 11.2. The first-order valence-electron chi connectivity index (χ1n) is 7.52. The van der Waals surface area contributed by atoms with Crippen molar-refractivity contribution in [3.63, 3.8) is 0 Å². The fourth-order valence-corrected chi connectivity index (χ4v) is 5.67. The summed E-state index contributed by atoms with van der Waals surface area (Å²) in [5.41, 5.74) is 1.22. The van der Waals surface area contributed by atoms with Gasteiger partial charge in [0.15, 0.2) is 0 Å². The number of carbonyl (C=O) groups is 2. The predicted molar refractivity (Wildman–Crippen MR) is 121 cm³/mol. The largest absolute Gasteiger partial charge is 0.495 e. The summed E-state index contributed by atoms with van der Waals surface area (Å²) < 4.78 is 20.5. The highest BCUT2D eigenvalue weighted by Gasteiger charge is 2.35. The molecule has 0 atom stereocenters. The third-order valence-corrected chi connectivity index (χ3v) is 6.43. The quantitative estimate of drug-likeness (QED) is 0.311. The molecule has 1 saturated heterocycles. The Kier molecular flexibility index (Phi) is 6.70. The first-order valence-corrected chi connectivity index (χ1v) is 10.9. The number of hydrogen-bond donors (Lipinski definition) is 0. The normalized spacial score (nSPS) is 15.7. The van der Waals surface area contributed by atoms with E-state index in [0.29, 0.717) is 16.2 Å². The molecule has 0 radical (unpaired) electrons. The lowest BCUT2D eigenvalue weighted by atomic mass is 10.1. The summed E-state index contributed by atoms with van der Waals surface area (Å²) in [6.07, 6.45) is 1.65. The summed E-state index contributed by atoms with van der Waals surface area (Å²) in [6.45, 7) is -0.0118. The molecular formula is C18H11ClFI2NO3S. The minimum absolute atomic E-state index is 0.0118. The van der Waals surface area contributed by atoms with Gasteiger partial charge < -0.3 is 4.74 Å². The monoisotopic (exact) mass is 629 g/mol. The maximum Gasteiger partial charge on any atom is 0.293 e. The standard InChI is InChI=1S/C18H11ClFI2NO3S/c1-26-16-10(4-12(21)7-14(16)22)5-15-17(24)23(18(25)27-15)8-9-2-3-11(20)6-13(9)19/h2-7H,8H2,1H3/b15-5+. The van der Waals surface area contributed by atoms with Crippen molar-refractivity contribution < 1.29 is 18.7 Å². The Bertz CT molecular complexity index is 983. The van der Waals surface area contributed by atoms with E-state index in [1.54, 1.807) is 13.2 Å². The van der Waals surface area contributed by atoms with Crippen LogP contribution in [0.1, 0.15) is 11.1 Å². The van der Waals surface area contributed by atoms with Gasteiger partial charge in [0.05, 0.1) is 22.1 Å². The van der Waals surface area contributed by atoms with Crippen LogP contribution in [0.15, 0.2) is 35.2 Å². The van der Waals surface area contributed by atoms with Gasteiger partial charge in [0.1, 0.15) is 11.6 Å². The number of imide groups is 1. The van der Waals surface area contributed by atoms with Crippen LogP contribution in [-0.4, -0.2) is 23.2 Å². The van der Waals surface area contributed by atoms with E-state index in [1.165, 1.54) is 12.1 Å². The third-order valence-electron chi connectivity index (χ3n) is 3.74. The van der Waals surface area contributed by atoms with Crippen LogP contribution in [0, 0.1) is 13.0 Å². The van der Waals surface area contributed by atoms with Crippen LogP contribution in [0.4, 0.5) is 9.18 Å². The van der Waals surface area contributed by atoms with Crippen molar-refractivity contribution in [1.29, 1.82) is 0 Å². The number of thioether (sulfide) groups is 1. The van der Waals surface area contributed by atoms with Gasteiger partial charge in [-0.05, 0) is 92.8 Å². The molecule has 1 fully saturated rings. The lowest BCUT2D eigenvalue weighted by Crippen LogP contribution is -2.27. The molecule has 140 valence electrons. The van der Waals surface area contributed by atoms with Crippen LogP contribution in [0.3, 0.4) is 0 Å². The minimum Gasteiger partial charge on any atom is -0.495 e. The lowest BCUT2D eigenvalue weighted by Gasteiger charge is -2.13. The van der Waals surface area contributed by atoms with Gasteiger partial charge in [-0.1, -0.05) is 17.7 Å². The number of halogens is 4. The number of nitrogens with zero attached hydrogens (tertiary/aromatic N) is 1. The molecule has 0 saturated carbocycles. The first kappa shape index (κ1) is 20.9. The number of ether oxygens (including phenoxy) is 1. The van der Waals surface area contributed by atoms with Crippen LogP contribution >= 0.6 is 68.5 Å². The van der Waals surface area contributed by atoms with Crippen molar-refractivity contribution in [2.24, 2.45) is 0 Å². The second-order valence-electron chi connectivity index (χ2n) is 5.51. The molecule has 1 aliphatic rings. The van der Waals surface area contributed by atoms with Crippen LogP contribution in [0.5, 0.6) is 5.75 Å². The fraction of sp³-hybridized carbons (Fsp3) is 0.111. The Hall–Kier alpha value is -0.850. The Morgan fingerprint density at radius 1 is 1.26 bits per heavy atom. The first-order chi connectivity index (χ1) is 12.8. The van der Waals surface area contributed by atoms with E-state index in [4.69, 9.17) is 16.3 Å². The molecule has 27 heavy (non-hydrogen) atoms. The van der Waals surface area contributed by atoms with Crippen molar-refractivity contribution in [3.05, 3.63) is 64.3 Å². The summed E-state index contributed by atoms with van der Waals surface area (Å²) in [5.74, 6) is -0.246. The fourth-order valence-electron chi connectivity index (χ4n) is 2.50. The lowest BCUT2D eigenvalue weighted by molar-refractivity contribution is -0.123. The second kappa shape index (κ2) is 8.66. The van der Waals surface area contributed by atoms with Crippen molar-refractivity contribution in [2.45, 2.75) is 6.54 Å². The maximum absolute atomic E-state index is 13.2. The van der Waals surface area contributed by atoms with Crippen molar-refractivity contribution in [2.75, 3.05) is 7.11 Å². The average molecular weight is 630 g/mol. The molecule has 2 aromatic rings. The molecule has 0 aromatic heterocycles. The third kappa shape index (κ3) is 4.60. The summed E-state index contributed by atoms with van der Waals surface area (Å²) in [7, 11) is 1.56. The number of benzene rings is 2. The molecule has 0 bridgehead atoms. The van der Waals surface area contributed by atoms with Crippen LogP contribution in [-0.2, 0) is 11.3 Å². The predicted octanol–water partition coefficient (Wildman–Crippen LogP) is 5.93. The van der Waals surface area contributed by atoms with Gasteiger partial charge in [-0.25, -0.2) is 4.39 Å². The second-order valence-corrected chi connectivity index (χ2v) is 9.32. The van der Waals surface area contributed by atoms with E-state index in [9.17, 15) is 14.0 Å². The smallest absolute Gasteiger partial charge is 0.293 e. The van der Waals surface area contributed by atoms with Crippen LogP contribution < -0.4 is 4.74 Å². The van der Waals surface area contributed by atoms with Gasteiger partial charge in [-0.15, -0.1) is 0 Å². The molecule has 9 heteroatoms. The van der Waals surface area contributed by atoms with Gasteiger partial charge in [-0.3, -0.25) is 14.5 Å². The number of rotatable bonds is 4. The zero-order chi connectivity index (χ0) is 19.7. The van der Waals surface area contributed by atoms with Crippen molar-refractivity contribution >= 4 is 85.8 Å². The summed E-state index contributed by atoms with van der Waals surface area (Å²) in [6, 6.07) is 7.71. The number of methoxy groups -OCH3 is 1. The molecule has 1 heterocycles. The van der Waals surface area contributed by atoms with E-state index >= 15 is 0 Å². The summed E-state index contributed by atoms with van der Waals surface area (Å²) in [5, 5.41) is -0.224. The van der Waals surface area contributed by atoms with Crippen LogP contribution in [0.25, 0.3) is 6.08 Å². The summed E-state index contributed by atoms with van der Waals surface area (Å²) in [4.78, 5) is 26.5. The average Bonchev–Trinajstić information content (AvgIpc) is 2.84. The molecule has 2 aromatic carbocycles. The molecule has 0 aliphatic carbocycles. The highest BCUT2D eigenvalue weighted by Crippen LogP contribution is 2.37. The molecule has 1 aliphatic heterocycles.